The molecule has 270 valence electrons. The predicted molar refractivity (Wildman–Crippen MR) is 209 cm³/mol. The third-order valence-electron chi connectivity index (χ3n) is 18.5. The third-order valence-corrected chi connectivity index (χ3v) is 18.5. The molecule has 8 saturated carbocycles. The molecule has 0 N–H and O–H groups in total. The van der Waals surface area contributed by atoms with Gasteiger partial charge >= 0.3 is 0 Å². The predicted octanol–water partition coefficient (Wildman–Crippen LogP) is 13.9. The molecule has 8 fully saturated rings. The fourth-order valence-electron chi connectivity index (χ4n) is 16.9. The monoisotopic (exact) mass is 671 g/mol. The van der Waals surface area contributed by atoms with E-state index in [1.54, 1.807) is 75.3 Å². The second-order valence-corrected chi connectivity index (χ2v) is 20.2. The first-order valence-corrected chi connectivity index (χ1v) is 22.9. The second kappa shape index (κ2) is 14.3. The minimum absolute atomic E-state index is 0.815. The van der Waals surface area contributed by atoms with Crippen molar-refractivity contribution in [3.05, 3.63) is 71.8 Å². The van der Waals surface area contributed by atoms with Crippen molar-refractivity contribution in [2.24, 2.45) is 82.9 Å². The molecule has 0 saturated heterocycles. The lowest BCUT2D eigenvalue weighted by atomic mass is 9.39. The summed E-state index contributed by atoms with van der Waals surface area (Å²) < 4.78 is 0. The number of fused-ring (bicyclic) bond motifs is 6. The summed E-state index contributed by atoms with van der Waals surface area (Å²) in [6.45, 7) is 0. The van der Waals surface area contributed by atoms with Crippen molar-refractivity contribution in [2.45, 2.75) is 153 Å². The maximum Gasteiger partial charge on any atom is -0.0131 e. The molecule has 0 spiro atoms. The average Bonchev–Trinajstić information content (AvgIpc) is 3.19. The van der Waals surface area contributed by atoms with E-state index in [2.05, 4.69) is 60.7 Å². The molecule has 16 atom stereocenters. The van der Waals surface area contributed by atoms with Crippen molar-refractivity contribution in [3.63, 3.8) is 0 Å². The van der Waals surface area contributed by atoms with Crippen molar-refractivity contribution < 1.29 is 0 Å². The third kappa shape index (κ3) is 5.90. The Bertz CT molecular complexity index is 1390. The van der Waals surface area contributed by atoms with E-state index in [1.807, 2.05) is 0 Å². The molecule has 2 aromatic carbocycles. The molecule has 0 aromatic heterocycles. The van der Waals surface area contributed by atoms with Crippen LogP contribution in [0.4, 0.5) is 0 Å². The molecule has 16 unspecified atom stereocenters. The summed E-state index contributed by atoms with van der Waals surface area (Å²) >= 11 is 0. The molecule has 2 aromatic rings. The van der Waals surface area contributed by atoms with Crippen molar-refractivity contribution in [1.82, 2.24) is 0 Å². The van der Waals surface area contributed by atoms with E-state index in [9.17, 15) is 0 Å². The zero-order valence-electron chi connectivity index (χ0n) is 31.6. The average molecular weight is 671 g/mol. The first-order valence-electron chi connectivity index (χ1n) is 22.9. The number of hydrogen-bond donors (Lipinski definition) is 0. The molecule has 8 aliphatic carbocycles. The largest absolute Gasteiger partial charge is 0.0622 e. The van der Waals surface area contributed by atoms with Gasteiger partial charge in [-0.05, 0) is 176 Å². The van der Waals surface area contributed by atoms with E-state index in [1.165, 1.54) is 77.0 Å². The molecule has 8 aliphatic rings. The van der Waals surface area contributed by atoms with Crippen LogP contribution >= 0.6 is 0 Å². The molecule has 0 radical (unpaired) electrons. The van der Waals surface area contributed by atoms with Gasteiger partial charge < -0.3 is 0 Å². The lowest BCUT2D eigenvalue weighted by molar-refractivity contribution is -0.164. The highest BCUT2D eigenvalue weighted by Gasteiger charge is 2.61. The minimum atomic E-state index is 0.815. The lowest BCUT2D eigenvalue weighted by Crippen LogP contribution is -2.59. The van der Waals surface area contributed by atoms with Crippen molar-refractivity contribution >= 4 is 0 Å². The standard InChI is InChI=1S/C50H70/c1-3-15-33(16-4-1)39-22-11-13-25-42(39)49-45-29-36-20-7-8-21-37(36)30-46(45)50(43-26-14-12-23-40(43)34-17-5-2-6-18-34)48-32-44-38(31-47(48)49)28-27-35-19-9-10-24-41(35)44/h1-6,15-18,35-50H,7-14,19-32H2. The highest BCUT2D eigenvalue weighted by Crippen LogP contribution is 2.69. The lowest BCUT2D eigenvalue weighted by Gasteiger charge is -2.66. The van der Waals surface area contributed by atoms with E-state index in [0.717, 1.165) is 94.7 Å². The van der Waals surface area contributed by atoms with Gasteiger partial charge in [0.1, 0.15) is 0 Å². The number of benzene rings is 2. The maximum atomic E-state index is 2.55. The van der Waals surface area contributed by atoms with Crippen LogP contribution in [0.2, 0.25) is 0 Å². The van der Waals surface area contributed by atoms with Crippen LogP contribution in [0.1, 0.15) is 164 Å². The van der Waals surface area contributed by atoms with Crippen LogP contribution in [0.5, 0.6) is 0 Å². The first-order chi connectivity index (χ1) is 24.8. The van der Waals surface area contributed by atoms with Gasteiger partial charge in [0.2, 0.25) is 0 Å². The molecule has 0 heterocycles. The smallest absolute Gasteiger partial charge is 0.0131 e. The summed E-state index contributed by atoms with van der Waals surface area (Å²) in [6, 6.07) is 24.3. The SMILES string of the molecule is c1ccc(C2CCCCC2C2C3CC4CCCCC4CC3C(C3CCCCC3c3ccccc3)C3CC4C(CCC5CCCCC54)CC32)cc1. The van der Waals surface area contributed by atoms with Crippen LogP contribution in [0, 0.1) is 82.9 Å². The summed E-state index contributed by atoms with van der Waals surface area (Å²) in [4.78, 5) is 0. The molecular formula is C50H70. The van der Waals surface area contributed by atoms with Gasteiger partial charge in [0.05, 0.1) is 0 Å². The zero-order valence-corrected chi connectivity index (χ0v) is 31.6. The fourth-order valence-corrected chi connectivity index (χ4v) is 16.9. The highest BCUT2D eigenvalue weighted by molar-refractivity contribution is 5.24. The summed E-state index contributed by atoms with van der Waals surface area (Å²) in [5, 5.41) is 0. The Balaban J connectivity index is 1.09. The van der Waals surface area contributed by atoms with Crippen LogP contribution in [-0.2, 0) is 0 Å². The molecule has 0 aliphatic heterocycles. The summed E-state index contributed by atoms with van der Waals surface area (Å²) in [5.41, 5.74) is 3.43. The maximum absolute atomic E-state index is 2.55. The summed E-state index contributed by atoms with van der Waals surface area (Å²) in [6.07, 6.45) is 34.1. The van der Waals surface area contributed by atoms with Crippen molar-refractivity contribution in [2.75, 3.05) is 0 Å². The van der Waals surface area contributed by atoms with Gasteiger partial charge in [-0.25, -0.2) is 0 Å². The van der Waals surface area contributed by atoms with Crippen LogP contribution < -0.4 is 0 Å². The second-order valence-electron chi connectivity index (χ2n) is 20.2. The Morgan fingerprint density at radius 3 is 1.22 bits per heavy atom. The molecular weight excluding hydrogens is 601 g/mol. The molecule has 0 heteroatoms. The van der Waals surface area contributed by atoms with E-state index >= 15 is 0 Å². The van der Waals surface area contributed by atoms with Crippen LogP contribution in [0.15, 0.2) is 60.7 Å². The van der Waals surface area contributed by atoms with E-state index in [-0.39, 0.29) is 0 Å². The van der Waals surface area contributed by atoms with Crippen molar-refractivity contribution in [3.8, 4) is 0 Å². The Hall–Kier alpha value is -1.56. The summed E-state index contributed by atoms with van der Waals surface area (Å²) in [5.74, 6) is 15.9. The Morgan fingerprint density at radius 2 is 0.680 bits per heavy atom. The van der Waals surface area contributed by atoms with Crippen molar-refractivity contribution in [1.29, 1.82) is 0 Å². The van der Waals surface area contributed by atoms with Gasteiger partial charge in [-0.3, -0.25) is 0 Å². The molecule has 0 bridgehead atoms. The molecule has 10 rings (SSSR count). The van der Waals surface area contributed by atoms with Crippen LogP contribution in [0.3, 0.4) is 0 Å². The topological polar surface area (TPSA) is 0 Å². The minimum Gasteiger partial charge on any atom is -0.0622 e. The molecule has 50 heavy (non-hydrogen) atoms. The zero-order chi connectivity index (χ0) is 33.0. The highest BCUT2D eigenvalue weighted by atomic mass is 14.7. The van der Waals surface area contributed by atoms with Gasteiger partial charge in [0.15, 0.2) is 0 Å². The number of rotatable bonds is 4. The van der Waals surface area contributed by atoms with E-state index in [0.29, 0.717) is 0 Å². The van der Waals surface area contributed by atoms with Gasteiger partial charge in [0, 0.05) is 0 Å². The summed E-state index contributed by atoms with van der Waals surface area (Å²) in [7, 11) is 0. The molecule has 0 amide bonds. The first kappa shape index (κ1) is 33.0. The van der Waals surface area contributed by atoms with Gasteiger partial charge in [-0.1, -0.05) is 131 Å². The molecule has 0 nitrogen and oxygen atoms in total. The van der Waals surface area contributed by atoms with E-state index in [4.69, 9.17) is 0 Å². The quantitative estimate of drug-likeness (QED) is 0.304. The van der Waals surface area contributed by atoms with Crippen LogP contribution in [0.25, 0.3) is 0 Å². The Kier molecular flexibility index (Phi) is 9.48. The fraction of sp³-hybridized carbons (Fsp3) is 0.760. The van der Waals surface area contributed by atoms with Gasteiger partial charge in [-0.15, -0.1) is 0 Å². The van der Waals surface area contributed by atoms with Gasteiger partial charge in [0.25, 0.3) is 0 Å². The number of hydrogen-bond acceptors (Lipinski definition) is 0. The normalized spacial score (nSPS) is 47.4. The van der Waals surface area contributed by atoms with Gasteiger partial charge in [-0.2, -0.15) is 0 Å². The Morgan fingerprint density at radius 1 is 0.280 bits per heavy atom. The Labute approximate surface area is 306 Å². The van der Waals surface area contributed by atoms with E-state index < -0.39 is 0 Å². The van der Waals surface area contributed by atoms with Crippen LogP contribution in [-0.4, -0.2) is 0 Å².